The molecule has 24 nitrogen and oxygen atoms in total. The number of benzene rings is 9. The number of thiophene rings is 5. The quantitative estimate of drug-likeness (QED) is 0.0899. The van der Waals surface area contributed by atoms with Gasteiger partial charge in [0.05, 0.1) is 101 Å². The number of aryl methyl sites for hydroxylation is 6. The van der Waals surface area contributed by atoms with Gasteiger partial charge in [-0.25, -0.2) is 28.8 Å². The molecule has 0 N–H and O–H groups in total. The van der Waals surface area contributed by atoms with Crippen LogP contribution in [0.3, 0.4) is 0 Å². The lowest BCUT2D eigenvalue weighted by Crippen LogP contribution is -2.21. The van der Waals surface area contributed by atoms with Gasteiger partial charge in [-0.05, 0) is 196 Å². The van der Waals surface area contributed by atoms with E-state index >= 15 is 0 Å². The van der Waals surface area contributed by atoms with Gasteiger partial charge in [0.15, 0.2) is 0 Å². The minimum atomic E-state index is -0.672. The Morgan fingerprint density at radius 3 is 0.701 bits per heavy atom. The van der Waals surface area contributed by atoms with Crippen LogP contribution in [0.5, 0.6) is 34.5 Å². The van der Waals surface area contributed by atoms with Crippen molar-refractivity contribution in [1.29, 1.82) is 0 Å². The van der Waals surface area contributed by atoms with Crippen molar-refractivity contribution in [3.63, 3.8) is 0 Å². The van der Waals surface area contributed by atoms with Gasteiger partial charge in [-0.15, -0.1) is 56.7 Å². The zero-order valence-corrected chi connectivity index (χ0v) is 78.6. The van der Waals surface area contributed by atoms with Crippen LogP contribution in [-0.2, 0) is 57.5 Å². The second-order valence-electron chi connectivity index (χ2n) is 35.0. The Kier molecular flexibility index (Phi) is 18.5. The SMILES string of the molecule is Cc1ccc2c(c1)N(C)C(=O)/C2=C1/C(=O)Oc2cc3c(cc21)OC(=O)/C3=C1/C(=O)N(C)c2cc(-c3cc4sc(C)cc4s3)ccc21.Cc1ccc2c(c1)N(C)C(=O)/C2=C1/C(=O)Oc2cc3c(cc21)OC(=O)/C3=C1/C(=O)N(C)c2cc(-c3ccc(-c4ccc(C)s4)s3)ccc21.Cc1ccc2c(c1)N(C)C(=O)/C2=C1/C(=O)Oc2cc3c(cc21)OC(=O)/C3=C1/C(=O)N(C)c2cc(-c3ccc(C)s3)ccc21. The average molecular weight is 1900 g/mol. The predicted octanol–water partition coefficient (Wildman–Crippen LogP) is 19.9. The smallest absolute Gasteiger partial charge is 0.345 e. The van der Waals surface area contributed by atoms with E-state index in [0.29, 0.717) is 101 Å². The summed E-state index contributed by atoms with van der Waals surface area (Å²) in [5, 5.41) is 0. The first-order valence-corrected chi connectivity index (χ1v) is 47.4. The van der Waals surface area contributed by atoms with Crippen molar-refractivity contribution in [1.82, 2.24) is 0 Å². The third-order valence-corrected chi connectivity index (χ3v) is 32.3. The number of carbonyl (C=O) groups is 12. The average Bonchev–Trinajstić information content (AvgIpc) is 1.57. The second kappa shape index (κ2) is 30.2. The molecular formula is C108H68N6O18S5. The molecule has 0 saturated heterocycles. The Hall–Kier alpha value is -16.2. The van der Waals surface area contributed by atoms with Gasteiger partial charge >= 0.3 is 35.8 Å². The van der Waals surface area contributed by atoms with E-state index in [-0.39, 0.29) is 137 Å². The van der Waals surface area contributed by atoms with Crippen LogP contribution in [-0.4, -0.2) is 114 Å². The summed E-state index contributed by atoms with van der Waals surface area (Å²) < 4.78 is 36.6. The summed E-state index contributed by atoms with van der Waals surface area (Å²) in [5.41, 5.74) is 18.0. The molecule has 0 saturated carbocycles. The number of hydrogen-bond donors (Lipinski definition) is 0. The van der Waals surface area contributed by atoms with Crippen LogP contribution in [0.2, 0.25) is 0 Å². The van der Waals surface area contributed by atoms with Crippen molar-refractivity contribution in [3.8, 4) is 75.6 Å². The lowest BCUT2D eigenvalue weighted by Gasteiger charge is -2.10. The summed E-state index contributed by atoms with van der Waals surface area (Å²) in [7, 11) is 10.0. The van der Waals surface area contributed by atoms with Crippen molar-refractivity contribution in [2.45, 2.75) is 41.5 Å². The van der Waals surface area contributed by atoms with Crippen LogP contribution in [0, 0.1) is 41.5 Å². The highest BCUT2D eigenvalue weighted by atomic mass is 32.1. The molecule has 9 aromatic carbocycles. The first-order valence-electron chi connectivity index (χ1n) is 43.3. The summed E-state index contributed by atoms with van der Waals surface area (Å²) in [5.74, 6) is -4.82. The number of amides is 6. The number of carbonyl (C=O) groups excluding carboxylic acids is 12. The molecule has 0 radical (unpaired) electrons. The Morgan fingerprint density at radius 2 is 0.423 bits per heavy atom. The molecule has 12 aliphatic rings. The van der Waals surface area contributed by atoms with E-state index in [1.54, 1.807) is 145 Å². The maximum absolute atomic E-state index is 13.8. The summed E-state index contributed by atoms with van der Waals surface area (Å²) in [6, 6.07) is 60.3. The number of nitrogens with zero attached hydrogens (tertiary/aromatic N) is 6. The largest absolute Gasteiger partial charge is 0.422 e. The third kappa shape index (κ3) is 12.5. The van der Waals surface area contributed by atoms with Gasteiger partial charge in [-0.3, -0.25) is 28.8 Å². The van der Waals surface area contributed by atoms with E-state index in [1.165, 1.54) is 53.4 Å². The molecule has 0 atom stereocenters. The number of likely N-dealkylation sites (N-methyl/N-ethyl adjacent to an activating group) is 6. The van der Waals surface area contributed by atoms with Gasteiger partial charge in [0.2, 0.25) is 0 Å². The molecule has 137 heavy (non-hydrogen) atoms. The minimum absolute atomic E-state index is 0.109. The highest BCUT2D eigenvalue weighted by Gasteiger charge is 2.50. The Morgan fingerprint density at radius 1 is 0.190 bits per heavy atom. The first kappa shape index (κ1) is 83.9. The van der Waals surface area contributed by atoms with Gasteiger partial charge in [0.25, 0.3) is 35.4 Å². The summed E-state index contributed by atoms with van der Waals surface area (Å²) in [6.45, 7) is 12.0. The third-order valence-electron chi connectivity index (χ3n) is 26.7. The summed E-state index contributed by atoms with van der Waals surface area (Å²) in [4.78, 5) is 180. The fourth-order valence-corrected chi connectivity index (χ4v) is 25.1. The molecule has 14 aromatic rings. The van der Waals surface area contributed by atoms with Crippen LogP contribution in [0.25, 0.3) is 117 Å². The Labute approximate surface area is 799 Å². The lowest BCUT2D eigenvalue weighted by molar-refractivity contribution is -0.127. The van der Waals surface area contributed by atoms with Crippen molar-refractivity contribution in [2.75, 3.05) is 71.7 Å². The fraction of sp³-hybridized carbons (Fsp3) is 0.111. The van der Waals surface area contributed by atoms with E-state index in [4.69, 9.17) is 28.4 Å². The van der Waals surface area contributed by atoms with E-state index in [9.17, 15) is 57.5 Å². The molecule has 0 fully saturated rings. The van der Waals surface area contributed by atoms with Gasteiger partial charge in [-0.1, -0.05) is 72.8 Å². The van der Waals surface area contributed by atoms with Crippen LogP contribution in [0.1, 0.15) is 98.1 Å². The normalized spacial score (nSPS) is 19.6. The predicted molar refractivity (Wildman–Crippen MR) is 530 cm³/mol. The molecule has 12 aliphatic heterocycles. The van der Waals surface area contributed by atoms with Gasteiger partial charge in [-0.2, -0.15) is 0 Å². The first-order chi connectivity index (χ1) is 65.8. The molecule has 668 valence electrons. The maximum atomic E-state index is 13.8. The van der Waals surface area contributed by atoms with Crippen LogP contribution in [0.15, 0.2) is 194 Å². The zero-order valence-electron chi connectivity index (χ0n) is 74.5. The van der Waals surface area contributed by atoms with Crippen LogP contribution >= 0.6 is 56.7 Å². The highest BCUT2D eigenvalue weighted by molar-refractivity contribution is 7.29. The summed E-state index contributed by atoms with van der Waals surface area (Å²) in [6.07, 6.45) is 0. The molecule has 26 rings (SSSR count). The van der Waals surface area contributed by atoms with Crippen LogP contribution < -0.4 is 57.8 Å². The number of rotatable bonds is 4. The van der Waals surface area contributed by atoms with Gasteiger partial charge < -0.3 is 57.8 Å². The number of anilines is 6. The molecule has 0 unspecified atom stereocenters. The van der Waals surface area contributed by atoms with Crippen LogP contribution in [0.4, 0.5) is 34.1 Å². The van der Waals surface area contributed by atoms with Crippen molar-refractivity contribution in [2.24, 2.45) is 0 Å². The number of hydrogen-bond acceptors (Lipinski definition) is 23. The molecule has 6 amide bonds. The second-order valence-corrected chi connectivity index (χ2v) is 41.0. The van der Waals surface area contributed by atoms with Crippen molar-refractivity contribution < 1.29 is 86.0 Å². The van der Waals surface area contributed by atoms with Crippen molar-refractivity contribution >= 4 is 238 Å². The fourth-order valence-electron chi connectivity index (χ4n) is 19.9. The molecule has 0 spiro atoms. The van der Waals surface area contributed by atoms with E-state index in [0.717, 1.165) is 48.0 Å². The van der Waals surface area contributed by atoms with E-state index in [2.05, 4.69) is 50.2 Å². The lowest BCUT2D eigenvalue weighted by atomic mass is 9.92. The Balaban J connectivity index is 0.000000112. The topological polar surface area (TPSA) is 280 Å². The van der Waals surface area contributed by atoms with Gasteiger partial charge in [0, 0.05) is 157 Å². The highest BCUT2D eigenvalue weighted by Crippen LogP contribution is 2.59. The monoisotopic (exact) mass is 1900 g/mol. The van der Waals surface area contributed by atoms with E-state index in [1.807, 2.05) is 149 Å². The van der Waals surface area contributed by atoms with Gasteiger partial charge in [0.1, 0.15) is 34.5 Å². The number of ether oxygens (including phenoxy) is 6. The maximum Gasteiger partial charge on any atom is 0.345 e. The molecule has 0 bridgehead atoms. The number of fused-ring (bicyclic) bond motifs is 13. The summed E-state index contributed by atoms with van der Waals surface area (Å²) >= 11 is 8.56. The molecule has 5 aromatic heterocycles. The Bertz CT molecular complexity index is 8480. The molecule has 29 heteroatoms. The van der Waals surface area contributed by atoms with E-state index < -0.39 is 35.8 Å². The molecule has 0 aliphatic carbocycles. The van der Waals surface area contributed by atoms with Crippen molar-refractivity contribution in [3.05, 3.63) is 292 Å². The molecular weight excluding hydrogens is 1830 g/mol. The minimum Gasteiger partial charge on any atom is -0.422 e. The zero-order chi connectivity index (χ0) is 94.8. The standard InChI is InChI=1S/C38H24N2O6S2.C36H22N2O6S2.C34H22N2O6S/c1-17-5-8-20-24(13-17)39(3)35(41)31(20)33-22-15-27-23(16-26(22)45-37(33)43)34(38(44)46-27)32-21-9-7-19(14-25(21)40(4)36(32)42)28-11-12-30(48-28)29-10-6-18(2)47-29;1-15-5-7-18-22(9-15)37(3)33(39)29(18)31-20-12-25-21(13-24(20)43-35(31)41)32(36(42)44-25)30-19-8-6-17(11-23(19)38(4)34(30)40)26-14-28-27(46-26)10-16(2)45-28;1-15-5-8-18-22(11-15)35(3)31(37)27(18)29-20-13-25-21(14-24(20)41-33(29)39)30(34(40)42-25)28-19-9-7-17(26-10-6-16(2)43-26)12-23(19)36(4)32(28)38/h5-16H,1-4H3;5-14H,1-4H3;5-14H,1-4H3/b33-31+,34-32+;31-29+,32-30+;29-27+,30-28+. The number of esters is 6. The molecule has 17 heterocycles.